The zero-order chi connectivity index (χ0) is 11.8. The average molecular weight is 243 g/mol. The fourth-order valence-corrected chi connectivity index (χ4v) is 3.09. The first-order valence-electron chi connectivity index (χ1n) is 5.68. The van der Waals surface area contributed by atoms with E-state index in [0.29, 0.717) is 0 Å². The minimum Gasteiger partial charge on any atom is -0.325 e. The Labute approximate surface area is 104 Å². The van der Waals surface area contributed by atoms with E-state index in [1.54, 1.807) is 11.3 Å². The Kier molecular flexibility index (Phi) is 2.48. The van der Waals surface area contributed by atoms with Crippen molar-refractivity contribution in [2.24, 2.45) is 0 Å². The molecule has 0 aliphatic carbocycles. The molecule has 1 atom stereocenters. The van der Waals surface area contributed by atoms with E-state index >= 15 is 0 Å². The van der Waals surface area contributed by atoms with Crippen molar-refractivity contribution in [3.63, 3.8) is 0 Å². The van der Waals surface area contributed by atoms with Crippen LogP contribution in [0, 0.1) is 6.92 Å². The number of para-hydroxylation sites is 1. The zero-order valence-corrected chi connectivity index (χ0v) is 10.4. The summed E-state index contributed by atoms with van der Waals surface area (Å²) >= 11 is 1.71. The van der Waals surface area contributed by atoms with Crippen LogP contribution in [0.3, 0.4) is 0 Å². The molecule has 1 amide bonds. The number of fused-ring (bicyclic) bond motifs is 1. The van der Waals surface area contributed by atoms with Gasteiger partial charge in [-0.05, 0) is 35.9 Å². The number of aryl methyl sites for hydroxylation is 1. The van der Waals surface area contributed by atoms with E-state index < -0.39 is 0 Å². The fraction of sp³-hybridized carbons (Fsp3) is 0.214. The van der Waals surface area contributed by atoms with Crippen molar-refractivity contribution < 1.29 is 4.79 Å². The summed E-state index contributed by atoms with van der Waals surface area (Å²) in [5.74, 6) is 0.103. The number of thiophene rings is 1. The monoisotopic (exact) mass is 243 g/mol. The molecule has 1 aromatic carbocycles. The normalized spacial score (nSPS) is 17.9. The summed E-state index contributed by atoms with van der Waals surface area (Å²) in [6, 6.07) is 10.2. The van der Waals surface area contributed by atoms with E-state index in [0.717, 1.165) is 23.2 Å². The predicted molar refractivity (Wildman–Crippen MR) is 70.6 cm³/mol. The second-order valence-corrected chi connectivity index (χ2v) is 5.40. The first-order valence-corrected chi connectivity index (χ1v) is 6.56. The van der Waals surface area contributed by atoms with Gasteiger partial charge in [0.2, 0.25) is 5.91 Å². The van der Waals surface area contributed by atoms with Crippen molar-refractivity contribution in [2.45, 2.75) is 19.3 Å². The molecule has 1 aromatic heterocycles. The van der Waals surface area contributed by atoms with Gasteiger partial charge in [0, 0.05) is 10.6 Å². The number of hydrogen-bond donors (Lipinski definition) is 1. The molecule has 1 N–H and O–H groups in total. The lowest BCUT2D eigenvalue weighted by atomic mass is 9.95. The second kappa shape index (κ2) is 4.00. The second-order valence-electron chi connectivity index (χ2n) is 4.36. The van der Waals surface area contributed by atoms with Crippen molar-refractivity contribution in [1.82, 2.24) is 0 Å². The third-order valence-electron chi connectivity index (χ3n) is 3.23. The molecule has 0 radical (unpaired) electrons. The Balaban J connectivity index is 1.97. The molecule has 0 unspecified atom stereocenters. The Bertz CT molecular complexity index is 560. The Morgan fingerprint density at radius 3 is 2.94 bits per heavy atom. The highest BCUT2D eigenvalue weighted by Gasteiger charge is 2.31. The minimum atomic E-state index is -0.0245. The van der Waals surface area contributed by atoms with Gasteiger partial charge in [0.15, 0.2) is 0 Å². The SMILES string of the molecule is Cc1cccc2c1NC(=O)[C@H]2Cc1cccs1. The van der Waals surface area contributed by atoms with E-state index in [4.69, 9.17) is 0 Å². The Morgan fingerprint density at radius 2 is 2.18 bits per heavy atom. The highest BCUT2D eigenvalue weighted by Crippen LogP contribution is 2.37. The number of carbonyl (C=O) groups is 1. The van der Waals surface area contributed by atoms with Crippen LogP contribution in [0.2, 0.25) is 0 Å². The van der Waals surface area contributed by atoms with Gasteiger partial charge in [0.25, 0.3) is 0 Å². The molecule has 3 rings (SSSR count). The molecule has 2 nitrogen and oxygen atoms in total. The lowest BCUT2D eigenvalue weighted by Gasteiger charge is -2.07. The van der Waals surface area contributed by atoms with Gasteiger partial charge in [-0.1, -0.05) is 24.3 Å². The molecule has 0 spiro atoms. The summed E-state index contributed by atoms with van der Waals surface area (Å²) in [6.45, 7) is 2.03. The van der Waals surface area contributed by atoms with Crippen LogP contribution in [0.1, 0.15) is 21.9 Å². The van der Waals surface area contributed by atoms with Crippen molar-refractivity contribution in [2.75, 3.05) is 5.32 Å². The van der Waals surface area contributed by atoms with Gasteiger partial charge in [-0.3, -0.25) is 4.79 Å². The van der Waals surface area contributed by atoms with Crippen molar-refractivity contribution in [3.8, 4) is 0 Å². The fourth-order valence-electron chi connectivity index (χ4n) is 2.34. The van der Waals surface area contributed by atoms with Crippen LogP contribution in [-0.4, -0.2) is 5.91 Å². The topological polar surface area (TPSA) is 29.1 Å². The van der Waals surface area contributed by atoms with Gasteiger partial charge < -0.3 is 5.32 Å². The van der Waals surface area contributed by atoms with E-state index in [1.807, 2.05) is 25.1 Å². The van der Waals surface area contributed by atoms with Gasteiger partial charge in [0.1, 0.15) is 0 Å². The molecule has 0 fully saturated rings. The van der Waals surface area contributed by atoms with Gasteiger partial charge in [-0.15, -0.1) is 11.3 Å². The van der Waals surface area contributed by atoms with Crippen LogP contribution >= 0.6 is 11.3 Å². The number of carbonyl (C=O) groups excluding carboxylic acids is 1. The maximum atomic E-state index is 12.0. The summed E-state index contributed by atoms with van der Waals surface area (Å²) < 4.78 is 0. The van der Waals surface area contributed by atoms with Gasteiger partial charge in [-0.25, -0.2) is 0 Å². The number of hydrogen-bond acceptors (Lipinski definition) is 2. The van der Waals surface area contributed by atoms with Crippen molar-refractivity contribution >= 4 is 22.9 Å². The van der Waals surface area contributed by atoms with Crippen molar-refractivity contribution in [1.29, 1.82) is 0 Å². The molecule has 2 heterocycles. The van der Waals surface area contributed by atoms with Gasteiger partial charge in [-0.2, -0.15) is 0 Å². The van der Waals surface area contributed by atoms with Crippen LogP contribution in [-0.2, 0) is 11.2 Å². The number of nitrogens with one attached hydrogen (secondary N) is 1. The molecule has 0 saturated carbocycles. The van der Waals surface area contributed by atoms with Crippen LogP contribution in [0.25, 0.3) is 0 Å². The summed E-state index contributed by atoms with van der Waals surface area (Å²) in [7, 11) is 0. The summed E-state index contributed by atoms with van der Waals surface area (Å²) in [5, 5.41) is 5.05. The van der Waals surface area contributed by atoms with Crippen molar-refractivity contribution in [3.05, 3.63) is 51.7 Å². The van der Waals surface area contributed by atoms with E-state index in [1.165, 1.54) is 4.88 Å². The zero-order valence-electron chi connectivity index (χ0n) is 9.57. The maximum absolute atomic E-state index is 12.0. The Hall–Kier alpha value is -1.61. The molecule has 1 aliphatic heterocycles. The molecule has 1 aliphatic rings. The quantitative estimate of drug-likeness (QED) is 0.861. The highest BCUT2D eigenvalue weighted by atomic mass is 32.1. The molecule has 17 heavy (non-hydrogen) atoms. The maximum Gasteiger partial charge on any atom is 0.232 e. The average Bonchev–Trinajstić information content (AvgIpc) is 2.91. The number of anilines is 1. The molecule has 0 saturated heterocycles. The van der Waals surface area contributed by atoms with Crippen LogP contribution in [0.5, 0.6) is 0 Å². The summed E-state index contributed by atoms with van der Waals surface area (Å²) in [5.41, 5.74) is 3.30. The minimum absolute atomic E-state index is 0.0245. The summed E-state index contributed by atoms with van der Waals surface area (Å²) in [4.78, 5) is 13.3. The van der Waals surface area contributed by atoms with Gasteiger partial charge in [0.05, 0.1) is 5.92 Å². The van der Waals surface area contributed by atoms with Crippen LogP contribution < -0.4 is 5.32 Å². The third kappa shape index (κ3) is 1.76. The van der Waals surface area contributed by atoms with E-state index in [-0.39, 0.29) is 11.8 Å². The van der Waals surface area contributed by atoms with Crippen LogP contribution in [0.15, 0.2) is 35.7 Å². The Morgan fingerprint density at radius 1 is 1.29 bits per heavy atom. The lowest BCUT2D eigenvalue weighted by molar-refractivity contribution is -0.117. The molecular weight excluding hydrogens is 230 g/mol. The highest BCUT2D eigenvalue weighted by molar-refractivity contribution is 7.09. The smallest absolute Gasteiger partial charge is 0.232 e. The molecule has 86 valence electrons. The number of rotatable bonds is 2. The van der Waals surface area contributed by atoms with Gasteiger partial charge >= 0.3 is 0 Å². The molecule has 3 heteroatoms. The third-order valence-corrected chi connectivity index (χ3v) is 4.13. The molecule has 2 aromatic rings. The van der Waals surface area contributed by atoms with E-state index in [2.05, 4.69) is 22.8 Å². The predicted octanol–water partition coefficient (Wildman–Crippen LogP) is 3.33. The standard InChI is InChI=1S/C14H13NOS/c1-9-4-2-6-11-12(14(16)15-13(9)11)8-10-5-3-7-17-10/h2-7,12H,8H2,1H3,(H,15,16)/t12-/m0/s1. The van der Waals surface area contributed by atoms with E-state index in [9.17, 15) is 4.79 Å². The van der Waals surface area contributed by atoms with Crippen LogP contribution in [0.4, 0.5) is 5.69 Å². The number of amides is 1. The lowest BCUT2D eigenvalue weighted by Crippen LogP contribution is -2.13. The largest absolute Gasteiger partial charge is 0.325 e. The first-order chi connectivity index (χ1) is 8.25. The summed E-state index contributed by atoms with van der Waals surface area (Å²) in [6.07, 6.45) is 0.806. The molecule has 0 bridgehead atoms. The number of benzene rings is 1. The molecular formula is C14H13NOS. The first kappa shape index (κ1) is 10.5.